The second kappa shape index (κ2) is 9.72. The smallest absolute Gasteiger partial charge is 0.222 e. The zero-order valence-corrected chi connectivity index (χ0v) is 25.0. The van der Waals surface area contributed by atoms with Crippen LogP contribution < -0.4 is 0 Å². The Morgan fingerprint density at radius 1 is 0.974 bits per heavy atom. The van der Waals surface area contributed by atoms with Crippen LogP contribution in [0.2, 0.25) is 0 Å². The Labute approximate surface area is 242 Å². The summed E-state index contributed by atoms with van der Waals surface area (Å²) < 4.78 is 2.33. The number of hydrogen-bond donors (Lipinski definition) is 0. The molecule has 2 unspecified atom stereocenters. The topological polar surface area (TPSA) is 53.5 Å². The Hall–Kier alpha value is -1.73. The average Bonchev–Trinajstić information content (AvgIpc) is 3.80. The summed E-state index contributed by atoms with van der Waals surface area (Å²) in [4.78, 5) is 34.2. The number of amides is 2. The van der Waals surface area contributed by atoms with Crippen molar-refractivity contribution in [3.63, 3.8) is 0 Å². The van der Waals surface area contributed by atoms with Gasteiger partial charge in [0.15, 0.2) is 0 Å². The molecule has 200 valence electrons. The molecular weight excluding hydrogens is 606 g/mol. The highest BCUT2D eigenvalue weighted by atomic mass is 79.9. The quantitative estimate of drug-likeness (QED) is 0.395. The number of halogens is 2. The van der Waals surface area contributed by atoms with E-state index in [1.807, 2.05) is 11.1 Å². The zero-order chi connectivity index (χ0) is 26.0. The molecule has 2 amide bonds. The van der Waals surface area contributed by atoms with E-state index >= 15 is 0 Å². The van der Waals surface area contributed by atoms with Crippen LogP contribution in [-0.2, 0) is 27.8 Å². The van der Waals surface area contributed by atoms with Gasteiger partial charge in [-0.1, -0.05) is 22.0 Å². The Morgan fingerprint density at radius 2 is 1.74 bits per heavy atom. The summed E-state index contributed by atoms with van der Waals surface area (Å²) in [6.07, 6.45) is 11.7. The second-order valence-electron chi connectivity index (χ2n) is 12.1. The first-order chi connectivity index (χ1) is 18.5. The van der Waals surface area contributed by atoms with Gasteiger partial charge in [0.05, 0.1) is 5.69 Å². The van der Waals surface area contributed by atoms with Gasteiger partial charge in [0.25, 0.3) is 0 Å². The van der Waals surface area contributed by atoms with Gasteiger partial charge in [-0.25, -0.2) is 0 Å². The lowest BCUT2D eigenvalue weighted by Crippen LogP contribution is -2.35. The maximum atomic E-state index is 13.1. The lowest BCUT2D eigenvalue weighted by atomic mass is 9.82. The maximum absolute atomic E-state index is 13.1. The molecule has 2 saturated heterocycles. The first-order valence-corrected chi connectivity index (χ1v) is 16.1. The number of hydrogen-bond acceptors (Lipinski definition) is 3. The molecular formula is C31H35Br2N3O2. The first-order valence-electron chi connectivity index (χ1n) is 14.5. The molecule has 5 aliphatic rings. The van der Waals surface area contributed by atoms with E-state index in [2.05, 4.69) is 55.0 Å². The van der Waals surface area contributed by atoms with Crippen molar-refractivity contribution in [1.82, 2.24) is 14.8 Å². The molecule has 0 radical (unpaired) electrons. The van der Waals surface area contributed by atoms with Gasteiger partial charge in [-0.15, -0.1) is 0 Å². The number of likely N-dealkylation sites (tertiary alicyclic amines) is 2. The van der Waals surface area contributed by atoms with Gasteiger partial charge < -0.3 is 9.80 Å². The van der Waals surface area contributed by atoms with Crippen LogP contribution in [-0.4, -0.2) is 52.8 Å². The van der Waals surface area contributed by atoms with Gasteiger partial charge in [-0.05, 0) is 119 Å². The van der Waals surface area contributed by atoms with E-state index in [1.165, 1.54) is 45.3 Å². The van der Waals surface area contributed by atoms with Crippen molar-refractivity contribution in [2.24, 2.45) is 11.8 Å². The Morgan fingerprint density at radius 3 is 2.45 bits per heavy atom. The molecule has 1 aromatic heterocycles. The fourth-order valence-corrected chi connectivity index (χ4v) is 9.25. The molecule has 38 heavy (non-hydrogen) atoms. The summed E-state index contributed by atoms with van der Waals surface area (Å²) >= 11 is 7.75. The molecule has 1 aromatic carbocycles. The third-order valence-corrected chi connectivity index (χ3v) is 11.0. The van der Waals surface area contributed by atoms with Gasteiger partial charge in [0, 0.05) is 59.6 Å². The molecule has 0 N–H and O–H groups in total. The summed E-state index contributed by atoms with van der Waals surface area (Å²) in [6.45, 7) is 3.22. The Balaban J connectivity index is 1.13. The first kappa shape index (κ1) is 25.3. The van der Waals surface area contributed by atoms with Gasteiger partial charge in [0.1, 0.15) is 0 Å². The van der Waals surface area contributed by atoms with Crippen molar-refractivity contribution in [2.75, 3.05) is 26.2 Å². The van der Waals surface area contributed by atoms with Gasteiger partial charge in [-0.2, -0.15) is 0 Å². The average molecular weight is 641 g/mol. The molecule has 3 aliphatic carbocycles. The molecule has 4 fully saturated rings. The molecule has 0 bridgehead atoms. The molecule has 2 aromatic rings. The maximum Gasteiger partial charge on any atom is 0.222 e. The van der Waals surface area contributed by atoms with Gasteiger partial charge >= 0.3 is 0 Å². The third-order valence-electron chi connectivity index (χ3n) is 9.95. The number of rotatable bonds is 5. The Kier molecular flexibility index (Phi) is 6.46. The van der Waals surface area contributed by atoms with Crippen LogP contribution in [0, 0.1) is 11.8 Å². The van der Waals surface area contributed by atoms with Crippen LogP contribution >= 0.6 is 31.9 Å². The number of nitrogens with zero attached hydrogens (tertiary/aromatic N) is 3. The second-order valence-corrected chi connectivity index (χ2v) is 13.9. The molecule has 2 saturated carbocycles. The SMILES string of the molecule is O=C1CCCN1CCCC(=O)N1CCC2C(CC1)C21c2ncc(Br)cc2CCc2cc(C3CC3)cc(Br)c21. The summed E-state index contributed by atoms with van der Waals surface area (Å²) in [6, 6.07) is 7.21. The largest absolute Gasteiger partial charge is 0.343 e. The van der Waals surface area contributed by atoms with Crippen molar-refractivity contribution in [3.05, 3.63) is 61.3 Å². The molecule has 2 atom stereocenters. The summed E-state index contributed by atoms with van der Waals surface area (Å²) in [7, 11) is 0. The predicted molar refractivity (Wildman–Crippen MR) is 154 cm³/mol. The van der Waals surface area contributed by atoms with Gasteiger partial charge in [0.2, 0.25) is 11.8 Å². The predicted octanol–water partition coefficient (Wildman–Crippen LogP) is 6.14. The molecule has 5 nitrogen and oxygen atoms in total. The van der Waals surface area contributed by atoms with Crippen LogP contribution in [0.5, 0.6) is 0 Å². The van der Waals surface area contributed by atoms with E-state index in [1.54, 1.807) is 0 Å². The van der Waals surface area contributed by atoms with E-state index < -0.39 is 0 Å². The molecule has 7 rings (SSSR count). The third kappa shape index (κ3) is 4.18. The van der Waals surface area contributed by atoms with Crippen LogP contribution in [0.4, 0.5) is 0 Å². The number of aryl methyl sites for hydroxylation is 2. The summed E-state index contributed by atoms with van der Waals surface area (Å²) in [5.74, 6) is 2.26. The van der Waals surface area contributed by atoms with Crippen molar-refractivity contribution in [2.45, 2.75) is 75.5 Å². The van der Waals surface area contributed by atoms with E-state index in [0.29, 0.717) is 24.7 Å². The lowest BCUT2D eigenvalue weighted by molar-refractivity contribution is -0.132. The fraction of sp³-hybridized carbons (Fsp3) is 0.581. The minimum absolute atomic E-state index is 0.0476. The van der Waals surface area contributed by atoms with Crippen molar-refractivity contribution in [3.8, 4) is 0 Å². The van der Waals surface area contributed by atoms with Crippen LogP contribution in [0.1, 0.15) is 85.2 Å². The number of fused-ring (bicyclic) bond motifs is 7. The highest BCUT2D eigenvalue weighted by Crippen LogP contribution is 2.70. The lowest BCUT2D eigenvalue weighted by Gasteiger charge is -2.28. The summed E-state index contributed by atoms with van der Waals surface area (Å²) in [5.41, 5.74) is 7.11. The van der Waals surface area contributed by atoms with Crippen molar-refractivity contribution in [1.29, 1.82) is 0 Å². The summed E-state index contributed by atoms with van der Waals surface area (Å²) in [5, 5.41) is 0. The number of carbonyl (C=O) groups is 2. The fourth-order valence-electron chi connectivity index (χ4n) is 8.02. The highest BCUT2D eigenvalue weighted by Gasteiger charge is 2.68. The number of benzene rings is 1. The minimum atomic E-state index is -0.0476. The normalized spacial score (nSPS) is 28.0. The minimum Gasteiger partial charge on any atom is -0.343 e. The Bertz CT molecular complexity index is 1290. The van der Waals surface area contributed by atoms with Crippen molar-refractivity contribution >= 4 is 43.7 Å². The van der Waals surface area contributed by atoms with E-state index in [9.17, 15) is 9.59 Å². The molecule has 2 aliphatic heterocycles. The van der Waals surface area contributed by atoms with E-state index in [4.69, 9.17) is 4.98 Å². The van der Waals surface area contributed by atoms with Crippen molar-refractivity contribution < 1.29 is 9.59 Å². The van der Waals surface area contributed by atoms with E-state index in [-0.39, 0.29) is 17.2 Å². The number of aromatic nitrogens is 1. The van der Waals surface area contributed by atoms with Crippen LogP contribution in [0.25, 0.3) is 0 Å². The number of carbonyl (C=O) groups excluding carboxylic acids is 2. The molecule has 1 spiro atoms. The molecule has 3 heterocycles. The van der Waals surface area contributed by atoms with Gasteiger partial charge in [-0.3, -0.25) is 14.6 Å². The number of pyridine rings is 1. The monoisotopic (exact) mass is 639 g/mol. The molecule has 7 heteroatoms. The zero-order valence-electron chi connectivity index (χ0n) is 21.9. The van der Waals surface area contributed by atoms with Crippen LogP contribution in [0.15, 0.2) is 33.3 Å². The van der Waals surface area contributed by atoms with E-state index in [0.717, 1.165) is 75.1 Å². The van der Waals surface area contributed by atoms with Crippen LogP contribution in [0.3, 0.4) is 0 Å². The standard InChI is InChI=1S/C31H35Br2N3O2/c32-23-16-21-8-7-20-15-22(19-5-6-19)17-26(33)29(20)31(30(21)34-18-23)24-9-13-36(14-10-25(24)31)28(38)4-2-12-35-11-1-3-27(35)37/h15-19,24-25H,1-14H2. The highest BCUT2D eigenvalue weighted by molar-refractivity contribution is 9.10.